The Bertz CT molecular complexity index is 1180. The second kappa shape index (κ2) is 17.3. The largest absolute Gasteiger partial charge is 0.349 e. The van der Waals surface area contributed by atoms with Crippen LogP contribution in [0, 0.1) is 0 Å². The number of carbonyl (C=O) groups is 2. The Hall–Kier alpha value is -3.49. The lowest BCUT2D eigenvalue weighted by molar-refractivity contribution is -0.129. The molecule has 0 fully saturated rings. The molecule has 0 spiro atoms. The molecule has 214 valence electrons. The number of rotatable bonds is 17. The Morgan fingerprint density at radius 2 is 1.50 bits per heavy atom. The van der Waals surface area contributed by atoms with Gasteiger partial charge in [0.2, 0.25) is 11.9 Å². The number of aromatic nitrogens is 2. The highest BCUT2D eigenvalue weighted by Gasteiger charge is 2.19. The molecule has 1 heterocycles. The second-order valence-electron chi connectivity index (χ2n) is 9.90. The fraction of sp³-hybridized carbons (Fsp3) is 0.419. The standard InChI is InChI=1S/C31H40ClN5O3/c1-2-3-4-8-15-25(16-9-5-6-12-21-29(38)36-40)35-30(39)24-22-33-31(34-23-24)37(26-17-10-7-11-18-26)28-20-14-13-19-27(28)32/h7,10-11,13-14,17-20,22-23,25,40H,2-6,8-9,12,15-16,21H2,1H3,(H,35,39)(H,36,38). The number of unbranched alkanes of at least 4 members (excludes halogenated alkanes) is 6. The lowest BCUT2D eigenvalue weighted by Crippen LogP contribution is -2.35. The fourth-order valence-corrected chi connectivity index (χ4v) is 4.81. The van der Waals surface area contributed by atoms with Gasteiger partial charge in [-0.25, -0.2) is 15.4 Å². The molecule has 3 aromatic rings. The summed E-state index contributed by atoms with van der Waals surface area (Å²) in [4.78, 5) is 35.3. The number of nitrogens with one attached hydrogen (secondary N) is 2. The van der Waals surface area contributed by atoms with Crippen LogP contribution in [-0.2, 0) is 4.79 Å². The minimum atomic E-state index is -0.354. The number of nitrogens with zero attached hydrogens (tertiary/aromatic N) is 3. The van der Waals surface area contributed by atoms with E-state index in [1.54, 1.807) is 17.9 Å². The number of hydroxylamine groups is 1. The van der Waals surface area contributed by atoms with Crippen molar-refractivity contribution in [2.45, 2.75) is 83.6 Å². The van der Waals surface area contributed by atoms with Crippen molar-refractivity contribution in [3.8, 4) is 0 Å². The average Bonchev–Trinajstić information content (AvgIpc) is 2.98. The molecule has 3 N–H and O–H groups in total. The molecule has 40 heavy (non-hydrogen) atoms. The van der Waals surface area contributed by atoms with E-state index in [0.29, 0.717) is 23.0 Å². The van der Waals surface area contributed by atoms with Gasteiger partial charge in [-0.2, -0.15) is 0 Å². The zero-order valence-corrected chi connectivity index (χ0v) is 23.9. The van der Waals surface area contributed by atoms with Gasteiger partial charge in [0.15, 0.2) is 0 Å². The Morgan fingerprint density at radius 1 is 0.875 bits per heavy atom. The molecule has 0 aliphatic heterocycles. The quantitative estimate of drug-likeness (QED) is 0.0887. The number of amides is 2. The van der Waals surface area contributed by atoms with Gasteiger partial charge in [-0.3, -0.25) is 19.7 Å². The summed E-state index contributed by atoms with van der Waals surface area (Å²) >= 11 is 6.52. The number of anilines is 3. The van der Waals surface area contributed by atoms with Crippen LogP contribution in [0.2, 0.25) is 5.02 Å². The summed E-state index contributed by atoms with van der Waals surface area (Å²) in [5, 5.41) is 12.4. The number of para-hydroxylation sites is 2. The van der Waals surface area contributed by atoms with Gasteiger partial charge in [0.1, 0.15) is 0 Å². The van der Waals surface area contributed by atoms with Crippen LogP contribution in [0.25, 0.3) is 0 Å². The predicted molar refractivity (Wildman–Crippen MR) is 159 cm³/mol. The maximum absolute atomic E-state index is 13.2. The maximum atomic E-state index is 13.2. The zero-order valence-electron chi connectivity index (χ0n) is 23.2. The predicted octanol–water partition coefficient (Wildman–Crippen LogP) is 7.51. The van der Waals surface area contributed by atoms with Crippen molar-refractivity contribution in [1.29, 1.82) is 0 Å². The molecule has 0 saturated carbocycles. The van der Waals surface area contributed by atoms with Gasteiger partial charge in [0, 0.05) is 30.5 Å². The molecular weight excluding hydrogens is 526 g/mol. The minimum Gasteiger partial charge on any atom is -0.349 e. The van der Waals surface area contributed by atoms with Crippen LogP contribution in [0.3, 0.4) is 0 Å². The Kier molecular flexibility index (Phi) is 13.4. The average molecular weight is 566 g/mol. The van der Waals surface area contributed by atoms with Crippen molar-refractivity contribution >= 4 is 40.7 Å². The molecule has 0 aliphatic carbocycles. The van der Waals surface area contributed by atoms with E-state index in [2.05, 4.69) is 22.2 Å². The highest BCUT2D eigenvalue weighted by Crippen LogP contribution is 2.36. The summed E-state index contributed by atoms with van der Waals surface area (Å²) in [6, 6.07) is 17.3. The van der Waals surface area contributed by atoms with Crippen LogP contribution in [-0.4, -0.2) is 33.0 Å². The molecule has 0 bridgehead atoms. The molecule has 1 unspecified atom stereocenters. The maximum Gasteiger partial charge on any atom is 0.254 e. The van der Waals surface area contributed by atoms with E-state index >= 15 is 0 Å². The number of halogens is 1. The van der Waals surface area contributed by atoms with Crippen LogP contribution in [0.1, 0.15) is 87.9 Å². The third-order valence-electron chi connectivity index (χ3n) is 6.78. The number of hydrogen-bond acceptors (Lipinski definition) is 6. The first kappa shape index (κ1) is 31.0. The normalized spacial score (nSPS) is 11.6. The third-order valence-corrected chi connectivity index (χ3v) is 7.10. The van der Waals surface area contributed by atoms with Crippen molar-refractivity contribution < 1.29 is 14.8 Å². The van der Waals surface area contributed by atoms with Gasteiger partial charge < -0.3 is 5.32 Å². The molecule has 8 nitrogen and oxygen atoms in total. The highest BCUT2D eigenvalue weighted by atomic mass is 35.5. The summed E-state index contributed by atoms with van der Waals surface area (Å²) in [7, 11) is 0. The summed E-state index contributed by atoms with van der Waals surface area (Å²) in [5.74, 6) is -0.120. The Balaban J connectivity index is 1.66. The lowest BCUT2D eigenvalue weighted by atomic mass is 10.0. The van der Waals surface area contributed by atoms with Gasteiger partial charge in [-0.1, -0.05) is 93.8 Å². The smallest absolute Gasteiger partial charge is 0.254 e. The van der Waals surface area contributed by atoms with E-state index in [0.717, 1.165) is 69.2 Å². The second-order valence-corrected chi connectivity index (χ2v) is 10.3. The van der Waals surface area contributed by atoms with E-state index in [-0.39, 0.29) is 17.9 Å². The van der Waals surface area contributed by atoms with Gasteiger partial charge in [0.25, 0.3) is 5.91 Å². The van der Waals surface area contributed by atoms with Crippen molar-refractivity contribution in [1.82, 2.24) is 20.8 Å². The first-order valence-corrected chi connectivity index (χ1v) is 14.6. The summed E-state index contributed by atoms with van der Waals surface area (Å²) < 4.78 is 0. The van der Waals surface area contributed by atoms with E-state index < -0.39 is 0 Å². The molecule has 1 atom stereocenters. The van der Waals surface area contributed by atoms with Crippen LogP contribution in [0.5, 0.6) is 0 Å². The van der Waals surface area contributed by atoms with Crippen molar-refractivity contribution in [2.24, 2.45) is 0 Å². The molecule has 3 rings (SSSR count). The van der Waals surface area contributed by atoms with Crippen molar-refractivity contribution in [3.63, 3.8) is 0 Å². The highest BCUT2D eigenvalue weighted by molar-refractivity contribution is 6.33. The first-order chi connectivity index (χ1) is 19.5. The number of carbonyl (C=O) groups excluding carboxylic acids is 2. The Morgan fingerprint density at radius 3 is 2.15 bits per heavy atom. The molecule has 0 aliphatic rings. The van der Waals surface area contributed by atoms with Gasteiger partial charge >= 0.3 is 0 Å². The first-order valence-electron chi connectivity index (χ1n) is 14.2. The SMILES string of the molecule is CCCCCCC(CCCCCCC(=O)NO)NC(=O)c1cnc(N(c2ccccc2)c2ccccc2Cl)nc1. The number of benzene rings is 2. The van der Waals surface area contributed by atoms with Crippen LogP contribution in [0.15, 0.2) is 67.0 Å². The molecule has 9 heteroatoms. The van der Waals surface area contributed by atoms with Crippen LogP contribution in [0.4, 0.5) is 17.3 Å². The van der Waals surface area contributed by atoms with E-state index in [1.807, 2.05) is 59.5 Å². The van der Waals surface area contributed by atoms with E-state index in [1.165, 1.54) is 6.42 Å². The Labute approximate surface area is 242 Å². The van der Waals surface area contributed by atoms with Crippen LogP contribution >= 0.6 is 11.6 Å². The summed E-state index contributed by atoms with van der Waals surface area (Å²) in [5.41, 5.74) is 3.68. The molecule has 2 aromatic carbocycles. The van der Waals surface area contributed by atoms with Gasteiger partial charge in [-0.15, -0.1) is 0 Å². The van der Waals surface area contributed by atoms with Gasteiger partial charge in [-0.05, 0) is 43.5 Å². The summed E-state index contributed by atoms with van der Waals surface area (Å²) in [6.07, 6.45) is 13.4. The molecule has 0 radical (unpaired) electrons. The lowest BCUT2D eigenvalue weighted by Gasteiger charge is -2.24. The summed E-state index contributed by atoms with van der Waals surface area (Å²) in [6.45, 7) is 2.19. The van der Waals surface area contributed by atoms with E-state index in [4.69, 9.17) is 16.8 Å². The molecule has 1 aromatic heterocycles. The number of hydrogen-bond donors (Lipinski definition) is 3. The fourth-order valence-electron chi connectivity index (χ4n) is 4.59. The van der Waals surface area contributed by atoms with Crippen molar-refractivity contribution in [3.05, 3.63) is 77.6 Å². The molecular formula is C31H40ClN5O3. The molecule has 2 amide bonds. The van der Waals surface area contributed by atoms with Crippen LogP contribution < -0.4 is 15.7 Å². The minimum absolute atomic E-state index is 0.0636. The zero-order chi connectivity index (χ0) is 28.6. The monoisotopic (exact) mass is 565 g/mol. The van der Waals surface area contributed by atoms with Crippen molar-refractivity contribution in [2.75, 3.05) is 4.90 Å². The topological polar surface area (TPSA) is 107 Å². The van der Waals surface area contributed by atoms with E-state index in [9.17, 15) is 9.59 Å². The third kappa shape index (κ3) is 9.92. The molecule has 0 saturated heterocycles. The van der Waals surface area contributed by atoms with Gasteiger partial charge in [0.05, 0.1) is 16.3 Å².